The lowest BCUT2D eigenvalue weighted by atomic mass is 9.89. The van der Waals surface area contributed by atoms with Crippen LogP contribution in [0.15, 0.2) is 0 Å². The van der Waals surface area contributed by atoms with Gasteiger partial charge in [-0.1, -0.05) is 0 Å². The van der Waals surface area contributed by atoms with Crippen molar-refractivity contribution in [1.82, 2.24) is 0 Å². The van der Waals surface area contributed by atoms with E-state index in [1.807, 2.05) is 0 Å². The first-order chi connectivity index (χ1) is 4.77. The van der Waals surface area contributed by atoms with Crippen LogP contribution >= 0.6 is 0 Å². The van der Waals surface area contributed by atoms with Crippen molar-refractivity contribution in [2.75, 3.05) is 0 Å². The van der Waals surface area contributed by atoms with Crippen LogP contribution in [0.3, 0.4) is 0 Å². The average molecular weight is 144 g/mol. The number of hydrogen-bond donors (Lipinski definition) is 2. The maximum Gasteiger partial charge on any atom is 0.154 e. The van der Waals surface area contributed by atoms with E-state index < -0.39 is 6.29 Å². The first-order valence-corrected chi connectivity index (χ1v) is 3.79. The van der Waals surface area contributed by atoms with E-state index in [0.29, 0.717) is 12.2 Å². The molecule has 0 radical (unpaired) electrons. The topological polar surface area (TPSA) is 53.0 Å². The highest BCUT2D eigenvalue weighted by atomic mass is 16.6. The van der Waals surface area contributed by atoms with Crippen molar-refractivity contribution in [3.63, 3.8) is 0 Å². The van der Waals surface area contributed by atoms with E-state index in [4.69, 9.17) is 14.9 Å². The number of fused-ring (bicyclic) bond motifs is 1. The Balaban J connectivity index is 1.88. The van der Waals surface area contributed by atoms with Crippen molar-refractivity contribution >= 4 is 0 Å². The molecule has 2 rings (SSSR count). The van der Waals surface area contributed by atoms with Gasteiger partial charge in [0.25, 0.3) is 0 Å². The minimum absolute atomic E-state index is 0.0590. The summed E-state index contributed by atoms with van der Waals surface area (Å²) in [4.78, 5) is 0. The van der Waals surface area contributed by atoms with Gasteiger partial charge in [0.2, 0.25) is 0 Å². The Hall–Kier alpha value is -0.120. The quantitative estimate of drug-likeness (QED) is 0.398. The van der Waals surface area contributed by atoms with Gasteiger partial charge in [0.15, 0.2) is 6.29 Å². The van der Waals surface area contributed by atoms with E-state index in [1.165, 1.54) is 0 Å². The lowest BCUT2D eigenvalue weighted by Gasteiger charge is -2.19. The molecule has 2 aliphatic rings. The molecule has 3 heteroatoms. The molecule has 2 fully saturated rings. The molecule has 2 N–H and O–H groups in total. The van der Waals surface area contributed by atoms with Crippen LogP contribution in [0, 0.1) is 5.92 Å². The second-order valence-corrected chi connectivity index (χ2v) is 3.20. The monoisotopic (exact) mass is 144 g/mol. The second kappa shape index (κ2) is 2.19. The number of epoxide rings is 1. The molecule has 10 heavy (non-hydrogen) atoms. The first-order valence-electron chi connectivity index (χ1n) is 3.79. The summed E-state index contributed by atoms with van der Waals surface area (Å²) in [5, 5.41) is 17.6. The zero-order valence-electron chi connectivity index (χ0n) is 5.73. The minimum atomic E-state index is -1.13. The van der Waals surface area contributed by atoms with Gasteiger partial charge in [0.05, 0.1) is 12.2 Å². The zero-order valence-corrected chi connectivity index (χ0v) is 5.73. The summed E-state index contributed by atoms with van der Waals surface area (Å²) in [6, 6.07) is 0. The second-order valence-electron chi connectivity index (χ2n) is 3.20. The molecule has 0 spiro atoms. The number of ether oxygens (including phenoxy) is 1. The molecule has 0 aromatic heterocycles. The highest BCUT2D eigenvalue weighted by molar-refractivity contribution is 4.92. The minimum Gasteiger partial charge on any atom is -0.370 e. The SMILES string of the molecule is OC(O)C1CCC2OC2C1. The lowest BCUT2D eigenvalue weighted by molar-refractivity contribution is -0.0909. The number of aliphatic hydroxyl groups is 2. The summed E-state index contributed by atoms with van der Waals surface area (Å²) in [6.07, 6.45) is 2.41. The molecular formula is C7H12O3. The van der Waals surface area contributed by atoms with Crippen molar-refractivity contribution in [2.24, 2.45) is 5.92 Å². The third-order valence-electron chi connectivity index (χ3n) is 2.47. The molecule has 3 unspecified atom stereocenters. The van der Waals surface area contributed by atoms with Crippen LogP contribution in [0.1, 0.15) is 19.3 Å². The number of aliphatic hydroxyl groups excluding tert-OH is 1. The summed E-state index contributed by atoms with van der Waals surface area (Å²) in [7, 11) is 0. The summed E-state index contributed by atoms with van der Waals surface area (Å²) < 4.78 is 5.24. The maximum atomic E-state index is 8.81. The molecule has 0 aromatic carbocycles. The predicted molar refractivity (Wildman–Crippen MR) is 34.2 cm³/mol. The van der Waals surface area contributed by atoms with Gasteiger partial charge in [-0.3, -0.25) is 0 Å². The van der Waals surface area contributed by atoms with E-state index >= 15 is 0 Å². The van der Waals surface area contributed by atoms with Crippen LogP contribution in [0.4, 0.5) is 0 Å². The van der Waals surface area contributed by atoms with Crippen molar-refractivity contribution in [3.05, 3.63) is 0 Å². The molecule has 0 amide bonds. The fraction of sp³-hybridized carbons (Fsp3) is 1.00. The Bertz CT molecular complexity index is 135. The summed E-state index contributed by atoms with van der Waals surface area (Å²) >= 11 is 0. The van der Waals surface area contributed by atoms with Crippen LogP contribution in [-0.4, -0.2) is 28.7 Å². The number of hydrogen-bond acceptors (Lipinski definition) is 3. The lowest BCUT2D eigenvalue weighted by Crippen LogP contribution is -2.25. The van der Waals surface area contributed by atoms with Gasteiger partial charge in [0.1, 0.15) is 0 Å². The summed E-state index contributed by atoms with van der Waals surface area (Å²) in [5.41, 5.74) is 0. The van der Waals surface area contributed by atoms with Crippen LogP contribution in [0.25, 0.3) is 0 Å². The maximum absolute atomic E-state index is 8.81. The number of rotatable bonds is 1. The van der Waals surface area contributed by atoms with Crippen LogP contribution in [0.5, 0.6) is 0 Å². The van der Waals surface area contributed by atoms with Crippen LogP contribution < -0.4 is 0 Å². The Morgan fingerprint density at radius 2 is 2.00 bits per heavy atom. The van der Waals surface area contributed by atoms with Gasteiger partial charge in [-0.15, -0.1) is 0 Å². The van der Waals surface area contributed by atoms with E-state index in [9.17, 15) is 0 Å². The van der Waals surface area contributed by atoms with Gasteiger partial charge < -0.3 is 14.9 Å². The largest absolute Gasteiger partial charge is 0.370 e. The van der Waals surface area contributed by atoms with Gasteiger partial charge >= 0.3 is 0 Å². The third-order valence-corrected chi connectivity index (χ3v) is 2.47. The summed E-state index contributed by atoms with van der Waals surface area (Å²) in [5.74, 6) is 0.0590. The molecule has 0 bridgehead atoms. The van der Waals surface area contributed by atoms with E-state index in [2.05, 4.69) is 0 Å². The fourth-order valence-corrected chi connectivity index (χ4v) is 1.71. The average Bonchev–Trinajstić information content (AvgIpc) is 2.63. The Kier molecular flexibility index (Phi) is 1.44. The standard InChI is InChI=1S/C7H12O3/c8-7(9)4-1-2-5-6(3-4)10-5/h4-9H,1-3H2. The molecule has 0 aromatic rings. The molecule has 3 nitrogen and oxygen atoms in total. The van der Waals surface area contributed by atoms with E-state index in [1.54, 1.807) is 0 Å². The van der Waals surface area contributed by atoms with Crippen molar-refractivity contribution in [3.8, 4) is 0 Å². The van der Waals surface area contributed by atoms with Crippen molar-refractivity contribution in [2.45, 2.75) is 37.8 Å². The molecule has 58 valence electrons. The molecule has 1 aliphatic heterocycles. The highest BCUT2D eigenvalue weighted by Gasteiger charge is 2.45. The van der Waals surface area contributed by atoms with Crippen LogP contribution in [-0.2, 0) is 4.74 Å². The smallest absolute Gasteiger partial charge is 0.154 e. The Morgan fingerprint density at radius 3 is 2.60 bits per heavy atom. The fourth-order valence-electron chi connectivity index (χ4n) is 1.71. The van der Waals surface area contributed by atoms with E-state index in [-0.39, 0.29) is 5.92 Å². The van der Waals surface area contributed by atoms with Gasteiger partial charge in [-0.25, -0.2) is 0 Å². The normalized spacial score (nSPS) is 45.3. The Morgan fingerprint density at radius 1 is 1.20 bits per heavy atom. The molecular weight excluding hydrogens is 132 g/mol. The summed E-state index contributed by atoms with van der Waals surface area (Å²) in [6.45, 7) is 0. The predicted octanol–water partition coefficient (Wildman–Crippen LogP) is -0.135. The molecule has 1 saturated carbocycles. The Labute approximate surface area is 59.6 Å². The third kappa shape index (κ3) is 1.05. The molecule has 1 saturated heterocycles. The van der Waals surface area contributed by atoms with Gasteiger partial charge in [0, 0.05) is 5.92 Å². The molecule has 3 atom stereocenters. The highest BCUT2D eigenvalue weighted by Crippen LogP contribution is 2.40. The van der Waals surface area contributed by atoms with Gasteiger partial charge in [-0.2, -0.15) is 0 Å². The molecule has 1 aliphatic carbocycles. The van der Waals surface area contributed by atoms with Crippen molar-refractivity contribution < 1.29 is 14.9 Å². The van der Waals surface area contributed by atoms with Crippen LogP contribution in [0.2, 0.25) is 0 Å². The van der Waals surface area contributed by atoms with E-state index in [0.717, 1.165) is 19.3 Å². The van der Waals surface area contributed by atoms with Crippen molar-refractivity contribution in [1.29, 1.82) is 0 Å². The zero-order chi connectivity index (χ0) is 7.14. The van der Waals surface area contributed by atoms with Gasteiger partial charge in [-0.05, 0) is 19.3 Å². The molecule has 1 heterocycles. The first kappa shape index (κ1) is 6.58.